The van der Waals surface area contributed by atoms with E-state index in [-0.39, 0.29) is 11.9 Å². The maximum absolute atomic E-state index is 13.8. The molecule has 3 aromatic rings. The molecule has 0 bridgehead atoms. The van der Waals surface area contributed by atoms with Crippen molar-refractivity contribution in [3.63, 3.8) is 0 Å². The Morgan fingerprint density at radius 2 is 2.00 bits per heavy atom. The average molecular weight is 418 g/mol. The van der Waals surface area contributed by atoms with E-state index in [4.69, 9.17) is 9.72 Å². The average Bonchev–Trinajstić information content (AvgIpc) is 3.31. The number of para-hydroxylation sites is 2. The number of esters is 1. The van der Waals surface area contributed by atoms with Crippen molar-refractivity contribution in [2.45, 2.75) is 45.6 Å². The van der Waals surface area contributed by atoms with E-state index in [9.17, 15) is 9.59 Å². The summed E-state index contributed by atoms with van der Waals surface area (Å²) in [6, 6.07) is 13.8. The number of amides is 1. The second-order valence-corrected chi connectivity index (χ2v) is 8.69. The zero-order valence-corrected chi connectivity index (χ0v) is 18.1. The Morgan fingerprint density at radius 3 is 2.81 bits per heavy atom. The van der Waals surface area contributed by atoms with Gasteiger partial charge in [-0.15, -0.1) is 0 Å². The number of rotatable bonds is 4. The van der Waals surface area contributed by atoms with Crippen molar-refractivity contribution in [1.82, 2.24) is 9.55 Å². The van der Waals surface area contributed by atoms with Crippen LogP contribution >= 0.6 is 0 Å². The van der Waals surface area contributed by atoms with E-state index < -0.39 is 5.41 Å². The second-order valence-electron chi connectivity index (χ2n) is 8.69. The van der Waals surface area contributed by atoms with Crippen molar-refractivity contribution in [2.75, 3.05) is 18.6 Å². The Hall–Kier alpha value is -3.15. The van der Waals surface area contributed by atoms with Gasteiger partial charge in [0.1, 0.15) is 0 Å². The number of ether oxygens (including phenoxy) is 1. The van der Waals surface area contributed by atoms with Gasteiger partial charge in [0.2, 0.25) is 11.9 Å². The number of hydrogen-bond acceptors (Lipinski definition) is 4. The molecule has 2 heterocycles. The molecule has 2 aromatic carbocycles. The number of anilines is 1. The Morgan fingerprint density at radius 1 is 1.16 bits per heavy atom. The Balaban J connectivity index is 1.49. The maximum atomic E-state index is 13.8. The molecule has 5 rings (SSSR count). The lowest BCUT2D eigenvalue weighted by atomic mass is 9.70. The van der Waals surface area contributed by atoms with Gasteiger partial charge in [0.05, 0.1) is 29.1 Å². The minimum absolute atomic E-state index is 0.161. The second kappa shape index (κ2) is 7.52. The lowest BCUT2D eigenvalue weighted by Gasteiger charge is -2.33. The van der Waals surface area contributed by atoms with Crippen LogP contribution in [0.4, 0.5) is 5.95 Å². The zero-order chi connectivity index (χ0) is 21.6. The number of aromatic nitrogens is 2. The van der Waals surface area contributed by atoms with Gasteiger partial charge in [-0.2, -0.15) is 0 Å². The molecule has 6 heteroatoms. The van der Waals surface area contributed by atoms with E-state index in [0.29, 0.717) is 18.5 Å². The van der Waals surface area contributed by atoms with Crippen LogP contribution in [0.2, 0.25) is 0 Å². The summed E-state index contributed by atoms with van der Waals surface area (Å²) in [5, 5.41) is 0. The first-order chi connectivity index (χ1) is 15.1. The quantitative estimate of drug-likeness (QED) is 0.599. The molecule has 0 radical (unpaired) electrons. The standard InChI is InChI=1S/C25H27N3O3/c1-3-13-27-21-7-5-4-6-20(21)26-24(27)28-14-12-25(23(28)30)11-10-17-8-9-18(22(29)31-2)15-19(17)16-25/h4-9,15H,3,10-14,16H2,1-2H3/t25-/m0/s1. The molecule has 1 fully saturated rings. The number of hydrogen-bond donors (Lipinski definition) is 0. The summed E-state index contributed by atoms with van der Waals surface area (Å²) >= 11 is 0. The molecule has 1 amide bonds. The molecule has 0 N–H and O–H groups in total. The number of benzene rings is 2. The fourth-order valence-corrected chi connectivity index (χ4v) is 5.23. The van der Waals surface area contributed by atoms with Crippen LogP contribution in [-0.2, 0) is 28.9 Å². The molecule has 31 heavy (non-hydrogen) atoms. The van der Waals surface area contributed by atoms with Crippen molar-refractivity contribution in [3.05, 3.63) is 59.2 Å². The minimum atomic E-state index is -0.420. The number of fused-ring (bicyclic) bond motifs is 2. The summed E-state index contributed by atoms with van der Waals surface area (Å²) in [6.07, 6.45) is 4.13. The number of carbonyl (C=O) groups excluding carboxylic acids is 2. The smallest absolute Gasteiger partial charge is 0.337 e. The number of nitrogens with zero attached hydrogens (tertiary/aromatic N) is 3. The van der Waals surface area contributed by atoms with Gasteiger partial charge in [-0.25, -0.2) is 9.78 Å². The number of aryl methyl sites for hydroxylation is 2. The van der Waals surface area contributed by atoms with Gasteiger partial charge in [-0.1, -0.05) is 25.1 Å². The molecule has 6 nitrogen and oxygen atoms in total. The molecular formula is C25H27N3O3. The van der Waals surface area contributed by atoms with Crippen LogP contribution in [0.3, 0.4) is 0 Å². The molecule has 1 aliphatic carbocycles. The highest BCUT2D eigenvalue weighted by molar-refractivity contribution is 6.00. The molecule has 1 aromatic heterocycles. The van der Waals surface area contributed by atoms with Gasteiger partial charge in [0.25, 0.3) is 0 Å². The minimum Gasteiger partial charge on any atom is -0.465 e. The molecule has 1 saturated heterocycles. The van der Waals surface area contributed by atoms with Gasteiger partial charge >= 0.3 is 5.97 Å². The lowest BCUT2D eigenvalue weighted by Crippen LogP contribution is -2.39. The predicted octanol–water partition coefficient (Wildman–Crippen LogP) is 4.14. The van der Waals surface area contributed by atoms with Gasteiger partial charge in [-0.05, 0) is 67.5 Å². The first-order valence-electron chi connectivity index (χ1n) is 11.0. The summed E-state index contributed by atoms with van der Waals surface area (Å²) < 4.78 is 7.06. The van der Waals surface area contributed by atoms with E-state index in [0.717, 1.165) is 54.8 Å². The van der Waals surface area contributed by atoms with Crippen molar-refractivity contribution < 1.29 is 14.3 Å². The number of imidazole rings is 1. The number of carbonyl (C=O) groups is 2. The van der Waals surface area contributed by atoms with Crippen LogP contribution < -0.4 is 4.90 Å². The first kappa shape index (κ1) is 19.8. The topological polar surface area (TPSA) is 64.4 Å². The van der Waals surface area contributed by atoms with Crippen LogP contribution in [-0.4, -0.2) is 35.1 Å². The van der Waals surface area contributed by atoms with Crippen LogP contribution in [0.25, 0.3) is 11.0 Å². The van der Waals surface area contributed by atoms with E-state index in [2.05, 4.69) is 17.6 Å². The Labute approximate surface area is 181 Å². The van der Waals surface area contributed by atoms with Crippen LogP contribution in [0.5, 0.6) is 0 Å². The summed E-state index contributed by atoms with van der Waals surface area (Å²) in [6.45, 7) is 3.65. The highest BCUT2D eigenvalue weighted by atomic mass is 16.5. The highest BCUT2D eigenvalue weighted by Crippen LogP contribution is 2.45. The molecule has 1 aliphatic heterocycles. The largest absolute Gasteiger partial charge is 0.465 e. The van der Waals surface area contributed by atoms with Gasteiger partial charge in [0, 0.05) is 13.1 Å². The van der Waals surface area contributed by atoms with Crippen LogP contribution in [0.15, 0.2) is 42.5 Å². The molecule has 1 atom stereocenters. The van der Waals surface area contributed by atoms with Crippen molar-refractivity contribution in [2.24, 2.45) is 5.41 Å². The third kappa shape index (κ3) is 3.12. The van der Waals surface area contributed by atoms with E-state index >= 15 is 0 Å². The summed E-state index contributed by atoms with van der Waals surface area (Å²) in [5.74, 6) is 0.586. The van der Waals surface area contributed by atoms with E-state index in [1.165, 1.54) is 12.7 Å². The monoisotopic (exact) mass is 417 g/mol. The first-order valence-corrected chi connectivity index (χ1v) is 11.0. The van der Waals surface area contributed by atoms with Crippen LogP contribution in [0, 0.1) is 5.41 Å². The van der Waals surface area contributed by atoms with Gasteiger partial charge in [-0.3, -0.25) is 9.69 Å². The summed E-state index contributed by atoms with van der Waals surface area (Å²) in [4.78, 5) is 32.5. The predicted molar refractivity (Wildman–Crippen MR) is 119 cm³/mol. The third-order valence-corrected chi connectivity index (χ3v) is 6.86. The Kier molecular flexibility index (Phi) is 4.80. The third-order valence-electron chi connectivity index (χ3n) is 6.86. The Bertz CT molecular complexity index is 1180. The van der Waals surface area contributed by atoms with Crippen molar-refractivity contribution in [1.29, 1.82) is 0 Å². The fourth-order valence-electron chi connectivity index (χ4n) is 5.23. The van der Waals surface area contributed by atoms with Crippen LogP contribution in [0.1, 0.15) is 47.7 Å². The van der Waals surface area contributed by atoms with Gasteiger partial charge < -0.3 is 9.30 Å². The van der Waals surface area contributed by atoms with Crippen molar-refractivity contribution >= 4 is 28.9 Å². The molecule has 1 spiro atoms. The SMILES string of the molecule is CCCn1c(N2CC[C@]3(CCc4ccc(C(=O)OC)cc4C3)C2=O)nc2ccccc21. The fraction of sp³-hybridized carbons (Fsp3) is 0.400. The van der Waals surface area contributed by atoms with E-state index in [1.54, 1.807) is 0 Å². The lowest BCUT2D eigenvalue weighted by molar-refractivity contribution is -0.126. The molecule has 0 unspecified atom stereocenters. The molecule has 2 aliphatic rings. The summed E-state index contributed by atoms with van der Waals surface area (Å²) in [7, 11) is 1.39. The van der Waals surface area contributed by atoms with Gasteiger partial charge in [0.15, 0.2) is 0 Å². The maximum Gasteiger partial charge on any atom is 0.337 e. The normalized spacial score (nSPS) is 20.5. The number of methoxy groups -OCH3 is 1. The zero-order valence-electron chi connectivity index (χ0n) is 18.1. The molecule has 160 valence electrons. The molecular weight excluding hydrogens is 390 g/mol. The highest BCUT2D eigenvalue weighted by Gasteiger charge is 2.49. The molecule has 0 saturated carbocycles. The summed E-state index contributed by atoms with van der Waals surface area (Å²) in [5.41, 5.74) is 4.44. The van der Waals surface area contributed by atoms with Crippen molar-refractivity contribution in [3.8, 4) is 0 Å². The van der Waals surface area contributed by atoms with E-state index in [1.807, 2.05) is 41.3 Å².